The van der Waals surface area contributed by atoms with Gasteiger partial charge in [-0.3, -0.25) is 9.69 Å². The fourth-order valence-corrected chi connectivity index (χ4v) is 2.66. The van der Waals surface area contributed by atoms with Gasteiger partial charge >= 0.3 is 0 Å². The van der Waals surface area contributed by atoms with Crippen LogP contribution in [-0.4, -0.2) is 36.1 Å². The molecule has 0 aliphatic rings. The molecule has 0 heterocycles. The number of nitrogens with one attached hydrogen (secondary N) is 1. The molecule has 0 saturated heterocycles. The molecular formula is C19H23ClN2O2. The molecule has 1 atom stereocenters. The van der Waals surface area contributed by atoms with E-state index in [1.165, 1.54) is 0 Å². The number of likely N-dealkylation sites (N-methyl/N-ethyl adjacent to an activating group) is 1. The topological polar surface area (TPSA) is 52.6 Å². The molecule has 0 bridgehead atoms. The van der Waals surface area contributed by atoms with Crippen molar-refractivity contribution in [2.45, 2.75) is 19.4 Å². The SMILES string of the molecule is CCc1ccccc1NC(=O)CN(C)CC(O)c1ccc(Cl)cc1. The van der Waals surface area contributed by atoms with Crippen LogP contribution >= 0.6 is 11.6 Å². The fraction of sp³-hybridized carbons (Fsp3) is 0.316. The molecule has 4 nitrogen and oxygen atoms in total. The minimum absolute atomic E-state index is 0.0956. The summed E-state index contributed by atoms with van der Waals surface area (Å²) in [6, 6.07) is 14.8. The van der Waals surface area contributed by atoms with E-state index in [9.17, 15) is 9.90 Å². The van der Waals surface area contributed by atoms with E-state index >= 15 is 0 Å². The Morgan fingerprint density at radius 3 is 2.54 bits per heavy atom. The van der Waals surface area contributed by atoms with Crippen LogP contribution in [0.15, 0.2) is 48.5 Å². The van der Waals surface area contributed by atoms with E-state index in [1.54, 1.807) is 29.2 Å². The molecule has 5 heteroatoms. The summed E-state index contributed by atoms with van der Waals surface area (Å²) >= 11 is 5.85. The second-order valence-corrected chi connectivity index (χ2v) is 6.26. The molecule has 0 saturated carbocycles. The molecule has 24 heavy (non-hydrogen) atoms. The second kappa shape index (κ2) is 8.83. The molecule has 128 valence electrons. The zero-order chi connectivity index (χ0) is 17.5. The Hall–Kier alpha value is -1.88. The van der Waals surface area contributed by atoms with E-state index in [0.29, 0.717) is 11.6 Å². The van der Waals surface area contributed by atoms with Crippen LogP contribution in [-0.2, 0) is 11.2 Å². The predicted octanol–water partition coefficient (Wildman–Crippen LogP) is 3.51. The number of nitrogens with zero attached hydrogens (tertiary/aromatic N) is 1. The van der Waals surface area contributed by atoms with Gasteiger partial charge in [0.25, 0.3) is 0 Å². The first-order valence-electron chi connectivity index (χ1n) is 7.99. The molecule has 0 radical (unpaired) electrons. The highest BCUT2D eigenvalue weighted by molar-refractivity contribution is 6.30. The Balaban J connectivity index is 1.88. The Morgan fingerprint density at radius 2 is 1.88 bits per heavy atom. The lowest BCUT2D eigenvalue weighted by Crippen LogP contribution is -2.33. The van der Waals surface area contributed by atoms with Gasteiger partial charge in [-0.25, -0.2) is 0 Å². The third kappa shape index (κ3) is 5.34. The zero-order valence-electron chi connectivity index (χ0n) is 14.0. The van der Waals surface area contributed by atoms with Crippen LogP contribution in [0, 0.1) is 0 Å². The van der Waals surface area contributed by atoms with Crippen molar-refractivity contribution in [3.63, 3.8) is 0 Å². The molecule has 0 aliphatic heterocycles. The summed E-state index contributed by atoms with van der Waals surface area (Å²) in [7, 11) is 1.81. The number of aliphatic hydroxyl groups is 1. The van der Waals surface area contributed by atoms with Gasteiger partial charge in [0.1, 0.15) is 0 Å². The van der Waals surface area contributed by atoms with Gasteiger partial charge in [-0.1, -0.05) is 48.9 Å². The summed E-state index contributed by atoms with van der Waals surface area (Å²) < 4.78 is 0. The first-order valence-corrected chi connectivity index (χ1v) is 8.37. The smallest absolute Gasteiger partial charge is 0.238 e. The van der Waals surface area contributed by atoms with Crippen molar-refractivity contribution in [3.05, 3.63) is 64.7 Å². The van der Waals surface area contributed by atoms with Gasteiger partial charge in [0.2, 0.25) is 5.91 Å². The first-order chi connectivity index (χ1) is 11.5. The number of anilines is 1. The van der Waals surface area contributed by atoms with Gasteiger partial charge in [0.05, 0.1) is 12.6 Å². The van der Waals surface area contributed by atoms with Crippen LogP contribution in [0.25, 0.3) is 0 Å². The van der Waals surface area contributed by atoms with Crippen LogP contribution in [0.5, 0.6) is 0 Å². The van der Waals surface area contributed by atoms with Gasteiger partial charge in [0, 0.05) is 17.3 Å². The van der Waals surface area contributed by atoms with Gasteiger partial charge in [-0.15, -0.1) is 0 Å². The molecule has 0 fully saturated rings. The average molecular weight is 347 g/mol. The lowest BCUT2D eigenvalue weighted by molar-refractivity contribution is -0.117. The van der Waals surface area contributed by atoms with Gasteiger partial charge in [-0.2, -0.15) is 0 Å². The van der Waals surface area contributed by atoms with Crippen molar-refractivity contribution < 1.29 is 9.90 Å². The van der Waals surface area contributed by atoms with Crippen LogP contribution in [0.1, 0.15) is 24.2 Å². The van der Waals surface area contributed by atoms with Crippen molar-refractivity contribution in [3.8, 4) is 0 Å². The number of halogens is 1. The largest absolute Gasteiger partial charge is 0.387 e. The molecule has 0 aliphatic carbocycles. The molecule has 0 spiro atoms. The van der Waals surface area contributed by atoms with Gasteiger partial charge < -0.3 is 10.4 Å². The molecule has 1 amide bonds. The Bertz CT molecular complexity index is 673. The first kappa shape index (κ1) is 18.5. The second-order valence-electron chi connectivity index (χ2n) is 5.82. The number of carbonyl (C=O) groups is 1. The average Bonchev–Trinajstić information content (AvgIpc) is 2.55. The fourth-order valence-electron chi connectivity index (χ4n) is 2.54. The van der Waals surface area contributed by atoms with E-state index < -0.39 is 6.10 Å². The van der Waals surface area contributed by atoms with Crippen LogP contribution < -0.4 is 5.32 Å². The summed E-state index contributed by atoms with van der Waals surface area (Å²) in [6.45, 7) is 2.63. The third-order valence-corrected chi connectivity index (χ3v) is 4.08. The van der Waals surface area contributed by atoms with Crippen molar-refractivity contribution in [1.82, 2.24) is 4.90 Å². The Kier molecular flexibility index (Phi) is 6.79. The van der Waals surface area contributed by atoms with Gasteiger partial charge in [-0.05, 0) is 42.8 Å². The summed E-state index contributed by atoms with van der Waals surface area (Å²) in [6.07, 6.45) is 0.199. The number of carbonyl (C=O) groups excluding carboxylic acids is 1. The van der Waals surface area contributed by atoms with Gasteiger partial charge in [0.15, 0.2) is 0 Å². The molecule has 2 rings (SSSR count). The highest BCUT2D eigenvalue weighted by Crippen LogP contribution is 2.18. The predicted molar refractivity (Wildman–Crippen MR) is 98.4 cm³/mol. The number of aliphatic hydroxyl groups excluding tert-OH is 1. The minimum atomic E-state index is -0.664. The van der Waals surface area contributed by atoms with Crippen molar-refractivity contribution >= 4 is 23.2 Å². The van der Waals surface area contributed by atoms with E-state index in [-0.39, 0.29) is 12.5 Å². The molecule has 0 aromatic heterocycles. The van der Waals surface area contributed by atoms with E-state index in [1.807, 2.05) is 31.3 Å². The molecule has 2 aromatic rings. The van der Waals surface area contributed by atoms with Crippen LogP contribution in [0.2, 0.25) is 5.02 Å². The zero-order valence-corrected chi connectivity index (χ0v) is 14.8. The monoisotopic (exact) mass is 346 g/mol. The highest BCUT2D eigenvalue weighted by atomic mass is 35.5. The Morgan fingerprint density at radius 1 is 1.21 bits per heavy atom. The molecule has 2 N–H and O–H groups in total. The minimum Gasteiger partial charge on any atom is -0.387 e. The van der Waals surface area contributed by atoms with Crippen LogP contribution in [0.4, 0.5) is 5.69 Å². The quantitative estimate of drug-likeness (QED) is 0.806. The number of benzene rings is 2. The molecular weight excluding hydrogens is 324 g/mol. The van der Waals surface area contributed by atoms with Crippen molar-refractivity contribution in [2.24, 2.45) is 0 Å². The molecule has 2 aromatic carbocycles. The normalized spacial score (nSPS) is 12.2. The highest BCUT2D eigenvalue weighted by Gasteiger charge is 2.14. The lowest BCUT2D eigenvalue weighted by atomic mass is 10.1. The summed E-state index contributed by atoms with van der Waals surface area (Å²) in [4.78, 5) is 14.0. The maximum atomic E-state index is 12.2. The summed E-state index contributed by atoms with van der Waals surface area (Å²) in [5.41, 5.74) is 2.73. The van der Waals surface area contributed by atoms with Crippen LogP contribution in [0.3, 0.4) is 0 Å². The number of para-hydroxylation sites is 1. The Labute approximate surface area is 148 Å². The van der Waals surface area contributed by atoms with Crippen molar-refractivity contribution in [1.29, 1.82) is 0 Å². The third-order valence-electron chi connectivity index (χ3n) is 3.83. The van der Waals surface area contributed by atoms with E-state index in [0.717, 1.165) is 23.2 Å². The maximum Gasteiger partial charge on any atom is 0.238 e. The summed E-state index contributed by atoms with van der Waals surface area (Å²) in [5, 5.41) is 13.8. The number of hydrogen-bond acceptors (Lipinski definition) is 3. The number of hydrogen-bond donors (Lipinski definition) is 2. The number of amides is 1. The standard InChI is InChI=1S/C19H23ClN2O2/c1-3-14-6-4-5-7-17(14)21-19(24)13-22(2)12-18(23)15-8-10-16(20)11-9-15/h4-11,18,23H,3,12-13H2,1-2H3,(H,21,24). The lowest BCUT2D eigenvalue weighted by Gasteiger charge is -2.20. The van der Waals surface area contributed by atoms with E-state index in [4.69, 9.17) is 11.6 Å². The summed E-state index contributed by atoms with van der Waals surface area (Å²) in [5.74, 6) is -0.0956. The number of rotatable bonds is 7. The maximum absolute atomic E-state index is 12.2. The number of aryl methyl sites for hydroxylation is 1. The van der Waals surface area contributed by atoms with Crippen molar-refractivity contribution in [2.75, 3.05) is 25.5 Å². The molecule has 1 unspecified atom stereocenters. The van der Waals surface area contributed by atoms with E-state index in [2.05, 4.69) is 12.2 Å².